The van der Waals surface area contributed by atoms with Crippen LogP contribution in [-0.2, 0) is 6.42 Å². The molecule has 1 aromatic heterocycles. The van der Waals surface area contributed by atoms with Crippen molar-refractivity contribution < 1.29 is 0 Å². The van der Waals surface area contributed by atoms with E-state index in [0.717, 1.165) is 35.1 Å². The minimum absolute atomic E-state index is 0.559. The molecule has 4 rings (SSSR count). The summed E-state index contributed by atoms with van der Waals surface area (Å²) in [6.45, 7) is 0. The molecular weight excluding hydrogens is 327 g/mol. The average Bonchev–Trinajstić information content (AvgIpc) is 3.13. The number of hydrogen-bond donors (Lipinski definition) is 0. The second kappa shape index (κ2) is 5.33. The zero-order valence-electron chi connectivity index (χ0n) is 11.7. The molecule has 5 heteroatoms. The fourth-order valence-electron chi connectivity index (χ4n) is 4.30. The summed E-state index contributed by atoms with van der Waals surface area (Å²) in [6.07, 6.45) is 6.17. The molecule has 112 valence electrons. The molecule has 2 aliphatic carbocycles. The normalized spacial score (nSPS) is 27.9. The number of aromatic nitrogens is 2. The second-order valence-corrected chi connectivity index (χ2v) is 7.53. The maximum Gasteiger partial charge on any atom is 0.111 e. The lowest BCUT2D eigenvalue weighted by atomic mass is 9.95. The van der Waals surface area contributed by atoms with Crippen molar-refractivity contribution in [2.75, 3.05) is 5.88 Å². The van der Waals surface area contributed by atoms with Crippen molar-refractivity contribution in [3.05, 3.63) is 28.0 Å². The highest BCUT2D eigenvalue weighted by atomic mass is 35.5. The first-order chi connectivity index (χ1) is 10.2. The zero-order valence-corrected chi connectivity index (χ0v) is 13.9. The third kappa shape index (κ3) is 2.27. The molecule has 2 saturated carbocycles. The molecule has 2 aliphatic rings. The van der Waals surface area contributed by atoms with Crippen molar-refractivity contribution in [2.45, 2.75) is 38.1 Å². The quantitative estimate of drug-likeness (QED) is 0.674. The molecule has 0 radical (unpaired) electrons. The Bertz CT molecular complexity index is 694. The summed E-state index contributed by atoms with van der Waals surface area (Å²) >= 11 is 18.4. The van der Waals surface area contributed by atoms with Crippen LogP contribution in [0.25, 0.3) is 11.0 Å². The van der Waals surface area contributed by atoms with E-state index in [1.807, 2.05) is 12.1 Å². The molecule has 2 fully saturated rings. The fraction of sp³-hybridized carbons (Fsp3) is 0.562. The van der Waals surface area contributed by atoms with Gasteiger partial charge in [0.15, 0.2) is 0 Å². The van der Waals surface area contributed by atoms with Gasteiger partial charge in [-0.2, -0.15) is 0 Å². The Labute approximate surface area is 139 Å². The molecule has 21 heavy (non-hydrogen) atoms. The van der Waals surface area contributed by atoms with Gasteiger partial charge in [0.2, 0.25) is 0 Å². The van der Waals surface area contributed by atoms with Gasteiger partial charge in [-0.05, 0) is 43.2 Å². The van der Waals surface area contributed by atoms with E-state index in [0.29, 0.717) is 22.0 Å². The van der Waals surface area contributed by atoms with E-state index in [1.54, 1.807) is 0 Å². The van der Waals surface area contributed by atoms with E-state index in [9.17, 15) is 0 Å². The number of rotatable bonds is 3. The summed E-state index contributed by atoms with van der Waals surface area (Å²) in [7, 11) is 0. The minimum Gasteiger partial charge on any atom is -0.324 e. The van der Waals surface area contributed by atoms with Crippen molar-refractivity contribution in [3.8, 4) is 0 Å². The molecular formula is C16H17Cl3N2. The number of fused-ring (bicyclic) bond motifs is 3. The first kappa shape index (κ1) is 14.2. The maximum atomic E-state index is 6.23. The van der Waals surface area contributed by atoms with Crippen LogP contribution in [0.3, 0.4) is 0 Å². The molecule has 2 bridgehead atoms. The lowest BCUT2D eigenvalue weighted by Crippen LogP contribution is -2.18. The summed E-state index contributed by atoms with van der Waals surface area (Å²) in [4.78, 5) is 4.77. The third-order valence-electron chi connectivity index (χ3n) is 5.16. The van der Waals surface area contributed by atoms with Gasteiger partial charge in [-0.15, -0.1) is 11.6 Å². The van der Waals surface area contributed by atoms with Crippen LogP contribution in [0.4, 0.5) is 0 Å². The van der Waals surface area contributed by atoms with Crippen LogP contribution >= 0.6 is 34.8 Å². The van der Waals surface area contributed by atoms with Crippen LogP contribution in [0.15, 0.2) is 12.1 Å². The van der Waals surface area contributed by atoms with Crippen molar-refractivity contribution >= 4 is 45.8 Å². The lowest BCUT2D eigenvalue weighted by Gasteiger charge is -2.25. The smallest absolute Gasteiger partial charge is 0.111 e. The van der Waals surface area contributed by atoms with Gasteiger partial charge in [0.1, 0.15) is 5.82 Å². The van der Waals surface area contributed by atoms with Gasteiger partial charge in [0, 0.05) is 18.3 Å². The number of alkyl halides is 1. The van der Waals surface area contributed by atoms with Gasteiger partial charge in [-0.25, -0.2) is 4.98 Å². The molecule has 0 N–H and O–H groups in total. The molecule has 1 heterocycles. The Morgan fingerprint density at radius 3 is 2.62 bits per heavy atom. The second-order valence-electron chi connectivity index (χ2n) is 6.33. The number of halogens is 3. The van der Waals surface area contributed by atoms with Gasteiger partial charge in [0.25, 0.3) is 0 Å². The van der Waals surface area contributed by atoms with Crippen molar-refractivity contribution in [1.82, 2.24) is 9.55 Å². The largest absolute Gasteiger partial charge is 0.324 e. The SMILES string of the molecule is ClCCc1nc2cc(Cl)c(Cl)cc2n1C1CC2CCC1C2. The Balaban J connectivity index is 1.88. The van der Waals surface area contributed by atoms with Gasteiger partial charge in [0.05, 0.1) is 21.1 Å². The number of imidazole rings is 1. The van der Waals surface area contributed by atoms with Crippen LogP contribution in [-0.4, -0.2) is 15.4 Å². The summed E-state index contributed by atoms with van der Waals surface area (Å²) in [5.74, 6) is 3.35. The van der Waals surface area contributed by atoms with Crippen LogP contribution in [0.1, 0.15) is 37.5 Å². The molecule has 0 amide bonds. The maximum absolute atomic E-state index is 6.23. The molecule has 3 unspecified atom stereocenters. The van der Waals surface area contributed by atoms with E-state index >= 15 is 0 Å². The summed E-state index contributed by atoms with van der Waals surface area (Å²) < 4.78 is 2.41. The number of hydrogen-bond acceptors (Lipinski definition) is 1. The Kier molecular flexibility index (Phi) is 3.60. The van der Waals surface area contributed by atoms with Gasteiger partial charge in [-0.1, -0.05) is 29.6 Å². The highest BCUT2D eigenvalue weighted by Crippen LogP contribution is 2.52. The van der Waals surface area contributed by atoms with Crippen LogP contribution in [0, 0.1) is 11.8 Å². The van der Waals surface area contributed by atoms with Crippen molar-refractivity contribution in [1.29, 1.82) is 0 Å². The molecule has 2 nitrogen and oxygen atoms in total. The molecule has 0 saturated heterocycles. The molecule has 0 spiro atoms. The number of aryl methyl sites for hydroxylation is 1. The Hall–Kier alpha value is -0.440. The summed E-state index contributed by atoms with van der Waals surface area (Å²) in [5.41, 5.74) is 2.05. The monoisotopic (exact) mass is 342 g/mol. The highest BCUT2D eigenvalue weighted by Gasteiger charge is 2.41. The standard InChI is InChI=1S/C16H17Cl3N2/c17-4-3-16-20-13-7-11(18)12(19)8-15(13)21(16)14-6-9-1-2-10(14)5-9/h7-10,14H,1-6H2. The summed E-state index contributed by atoms with van der Waals surface area (Å²) in [5, 5.41) is 1.17. The highest BCUT2D eigenvalue weighted by molar-refractivity contribution is 6.42. The molecule has 0 aliphatic heterocycles. The molecule has 1 aromatic carbocycles. The topological polar surface area (TPSA) is 17.8 Å². The zero-order chi connectivity index (χ0) is 14.6. The van der Waals surface area contributed by atoms with Gasteiger partial charge >= 0.3 is 0 Å². The minimum atomic E-state index is 0.559. The fourth-order valence-corrected chi connectivity index (χ4v) is 4.78. The van der Waals surface area contributed by atoms with E-state index in [4.69, 9.17) is 39.8 Å². The van der Waals surface area contributed by atoms with E-state index in [1.165, 1.54) is 25.7 Å². The van der Waals surface area contributed by atoms with Gasteiger partial charge < -0.3 is 4.57 Å². The van der Waals surface area contributed by atoms with Crippen LogP contribution in [0.2, 0.25) is 10.0 Å². The summed E-state index contributed by atoms with van der Waals surface area (Å²) in [6, 6.07) is 4.40. The lowest BCUT2D eigenvalue weighted by molar-refractivity contribution is 0.329. The first-order valence-electron chi connectivity index (χ1n) is 7.59. The average molecular weight is 344 g/mol. The van der Waals surface area contributed by atoms with E-state index < -0.39 is 0 Å². The van der Waals surface area contributed by atoms with Crippen LogP contribution < -0.4 is 0 Å². The van der Waals surface area contributed by atoms with Crippen molar-refractivity contribution in [2.24, 2.45) is 11.8 Å². The van der Waals surface area contributed by atoms with Crippen LogP contribution in [0.5, 0.6) is 0 Å². The predicted octanol–water partition coefficient (Wildman–Crippen LogP) is 5.49. The number of nitrogens with zero attached hydrogens (tertiary/aromatic N) is 2. The Morgan fingerprint density at radius 2 is 1.95 bits per heavy atom. The molecule has 3 atom stereocenters. The van der Waals surface area contributed by atoms with Crippen molar-refractivity contribution in [3.63, 3.8) is 0 Å². The number of benzene rings is 1. The first-order valence-corrected chi connectivity index (χ1v) is 8.88. The molecule has 2 aromatic rings. The Morgan fingerprint density at radius 1 is 1.14 bits per heavy atom. The van der Waals surface area contributed by atoms with Gasteiger partial charge in [-0.3, -0.25) is 0 Å². The third-order valence-corrected chi connectivity index (χ3v) is 6.07. The van der Waals surface area contributed by atoms with E-state index in [2.05, 4.69) is 4.57 Å². The van der Waals surface area contributed by atoms with E-state index in [-0.39, 0.29) is 0 Å². The predicted molar refractivity (Wildman–Crippen MR) is 88.7 cm³/mol.